The van der Waals surface area contributed by atoms with E-state index in [0.29, 0.717) is 47.5 Å². The average Bonchev–Trinajstić information content (AvgIpc) is 3.35. The van der Waals surface area contributed by atoms with Gasteiger partial charge in [-0.2, -0.15) is 0 Å². The van der Waals surface area contributed by atoms with Gasteiger partial charge in [-0.05, 0) is 69.3 Å². The fourth-order valence-corrected chi connectivity index (χ4v) is 3.89. The molecule has 1 saturated heterocycles. The minimum atomic E-state index is -0.929. The Bertz CT molecular complexity index is 1210. The molecule has 0 spiro atoms. The van der Waals surface area contributed by atoms with E-state index in [4.69, 9.17) is 13.9 Å². The molecule has 1 fully saturated rings. The molecule has 1 N–H and O–H groups in total. The molecule has 0 aliphatic carbocycles. The van der Waals surface area contributed by atoms with E-state index >= 15 is 0 Å². The number of hydrogen-bond donors (Lipinski definition) is 1. The molecule has 170 valence electrons. The maximum Gasteiger partial charge on any atom is 0.300 e. The molecule has 7 nitrogen and oxygen atoms in total. The summed E-state index contributed by atoms with van der Waals surface area (Å²) < 4.78 is 16.8. The van der Waals surface area contributed by atoms with Crippen molar-refractivity contribution in [3.63, 3.8) is 0 Å². The Morgan fingerprint density at radius 3 is 2.30 bits per heavy atom. The number of aliphatic hydroxyl groups excluding tert-OH is 1. The minimum absolute atomic E-state index is 0.0414. The van der Waals surface area contributed by atoms with Crippen LogP contribution in [-0.2, 0) is 9.59 Å². The largest absolute Gasteiger partial charge is 0.507 e. The van der Waals surface area contributed by atoms with Gasteiger partial charge in [-0.15, -0.1) is 0 Å². The van der Waals surface area contributed by atoms with Crippen molar-refractivity contribution in [1.29, 1.82) is 0 Å². The molecule has 1 atom stereocenters. The van der Waals surface area contributed by atoms with Crippen molar-refractivity contribution in [2.75, 3.05) is 18.1 Å². The number of carbonyl (C=O) groups is 2. The van der Waals surface area contributed by atoms with Crippen LogP contribution in [0.5, 0.6) is 11.5 Å². The predicted molar refractivity (Wildman–Crippen MR) is 123 cm³/mol. The van der Waals surface area contributed by atoms with Gasteiger partial charge in [0.25, 0.3) is 11.7 Å². The molecule has 2 aromatic carbocycles. The molecule has 3 aromatic rings. The Hall–Kier alpha value is -4.00. The zero-order valence-corrected chi connectivity index (χ0v) is 18.7. The van der Waals surface area contributed by atoms with Crippen LogP contribution >= 0.6 is 0 Å². The fourth-order valence-electron chi connectivity index (χ4n) is 3.89. The third kappa shape index (κ3) is 4.22. The summed E-state index contributed by atoms with van der Waals surface area (Å²) >= 11 is 0. The number of carbonyl (C=O) groups excluding carboxylic acids is 2. The number of nitrogens with zero attached hydrogens (tertiary/aromatic N) is 1. The summed E-state index contributed by atoms with van der Waals surface area (Å²) in [6.45, 7) is 6.48. The summed E-state index contributed by atoms with van der Waals surface area (Å²) in [6.07, 6.45) is 0. The van der Waals surface area contributed by atoms with Gasteiger partial charge in [0.05, 0.1) is 18.8 Å². The van der Waals surface area contributed by atoms with E-state index in [1.54, 1.807) is 67.6 Å². The number of hydrogen-bond acceptors (Lipinski definition) is 6. The van der Waals surface area contributed by atoms with Gasteiger partial charge < -0.3 is 19.0 Å². The van der Waals surface area contributed by atoms with Gasteiger partial charge in [-0.3, -0.25) is 14.5 Å². The highest BCUT2D eigenvalue weighted by Gasteiger charge is 2.48. The first kappa shape index (κ1) is 22.2. The molecule has 2 heterocycles. The highest BCUT2D eigenvalue weighted by atomic mass is 16.5. The van der Waals surface area contributed by atoms with Gasteiger partial charge in [0.15, 0.2) is 0 Å². The summed E-state index contributed by atoms with van der Waals surface area (Å²) in [5.41, 5.74) is 0.820. The predicted octanol–water partition coefficient (Wildman–Crippen LogP) is 5.01. The molecule has 1 amide bonds. The highest BCUT2D eigenvalue weighted by molar-refractivity contribution is 6.51. The van der Waals surface area contributed by atoms with Crippen LogP contribution in [0.25, 0.3) is 5.76 Å². The number of furan rings is 1. The van der Waals surface area contributed by atoms with Crippen molar-refractivity contribution < 1.29 is 28.6 Å². The minimum Gasteiger partial charge on any atom is -0.507 e. The van der Waals surface area contributed by atoms with Crippen LogP contribution in [0, 0.1) is 6.92 Å². The number of rotatable bonds is 7. The lowest BCUT2D eigenvalue weighted by atomic mass is 9.99. The van der Waals surface area contributed by atoms with Gasteiger partial charge in [-0.25, -0.2) is 0 Å². The molecule has 1 aliphatic rings. The lowest BCUT2D eigenvalue weighted by Gasteiger charge is -2.24. The van der Waals surface area contributed by atoms with E-state index < -0.39 is 17.7 Å². The third-order valence-electron chi connectivity index (χ3n) is 5.32. The summed E-state index contributed by atoms with van der Waals surface area (Å²) in [6, 6.07) is 16.1. The Balaban J connectivity index is 1.85. The molecule has 0 saturated carbocycles. The van der Waals surface area contributed by atoms with E-state index in [2.05, 4.69) is 0 Å². The number of aliphatic hydroxyl groups is 1. The van der Waals surface area contributed by atoms with Crippen LogP contribution < -0.4 is 14.4 Å². The molecule has 33 heavy (non-hydrogen) atoms. The Morgan fingerprint density at radius 1 is 0.970 bits per heavy atom. The van der Waals surface area contributed by atoms with Crippen molar-refractivity contribution in [3.05, 3.63) is 83.3 Å². The molecule has 1 aromatic heterocycles. The molecule has 7 heteroatoms. The monoisotopic (exact) mass is 447 g/mol. The molecule has 1 unspecified atom stereocenters. The lowest BCUT2D eigenvalue weighted by molar-refractivity contribution is -0.132. The standard InChI is InChI=1S/C26H25NO6/c1-4-31-19-12-10-17(11-13-19)24(28)22-23(21-14-9-16(3)33-21)27(26(30)25(22)29)18-7-6-8-20(15-18)32-5-2/h6-15,23,28H,4-5H2,1-3H3/b24-22-. The molecule has 4 rings (SSSR count). The van der Waals surface area contributed by atoms with E-state index in [-0.39, 0.29) is 11.3 Å². The second kappa shape index (κ2) is 9.24. The van der Waals surface area contributed by atoms with E-state index in [0.717, 1.165) is 0 Å². The summed E-state index contributed by atoms with van der Waals surface area (Å²) in [5, 5.41) is 11.1. The number of aryl methyl sites for hydroxylation is 1. The summed E-state index contributed by atoms with van der Waals surface area (Å²) in [7, 11) is 0. The average molecular weight is 447 g/mol. The molecule has 0 radical (unpaired) electrons. The normalized spacial score (nSPS) is 17.4. The third-order valence-corrected chi connectivity index (χ3v) is 5.32. The first-order chi connectivity index (χ1) is 15.9. The zero-order valence-electron chi connectivity index (χ0n) is 18.7. The van der Waals surface area contributed by atoms with E-state index in [9.17, 15) is 14.7 Å². The van der Waals surface area contributed by atoms with Crippen LogP contribution in [0.3, 0.4) is 0 Å². The number of Topliss-reactive ketones (excluding diaryl/α,β-unsaturated/α-hetero) is 1. The van der Waals surface area contributed by atoms with Crippen molar-refractivity contribution in [2.45, 2.75) is 26.8 Å². The number of ketones is 1. The van der Waals surface area contributed by atoms with Crippen molar-refractivity contribution in [3.8, 4) is 11.5 Å². The van der Waals surface area contributed by atoms with Crippen LogP contribution in [-0.4, -0.2) is 30.0 Å². The Morgan fingerprint density at radius 2 is 1.67 bits per heavy atom. The highest BCUT2D eigenvalue weighted by Crippen LogP contribution is 2.43. The van der Waals surface area contributed by atoms with Gasteiger partial charge >= 0.3 is 0 Å². The van der Waals surface area contributed by atoms with Gasteiger partial charge in [-0.1, -0.05) is 6.07 Å². The van der Waals surface area contributed by atoms with E-state index in [1.165, 1.54) is 4.90 Å². The van der Waals surface area contributed by atoms with Crippen molar-refractivity contribution in [2.24, 2.45) is 0 Å². The topological polar surface area (TPSA) is 89.2 Å². The first-order valence-corrected chi connectivity index (χ1v) is 10.8. The van der Waals surface area contributed by atoms with Gasteiger partial charge in [0, 0.05) is 17.3 Å². The SMILES string of the molecule is CCOc1ccc(/C(O)=C2/C(=O)C(=O)N(c3cccc(OCC)c3)C2c2ccc(C)o2)cc1. The molecule has 0 bridgehead atoms. The van der Waals surface area contributed by atoms with Gasteiger partial charge in [0.1, 0.15) is 34.8 Å². The lowest BCUT2D eigenvalue weighted by Crippen LogP contribution is -2.29. The molecular weight excluding hydrogens is 422 g/mol. The van der Waals surface area contributed by atoms with Gasteiger partial charge in [0.2, 0.25) is 0 Å². The van der Waals surface area contributed by atoms with Crippen LogP contribution in [0.4, 0.5) is 5.69 Å². The maximum atomic E-state index is 13.2. The molecule has 1 aliphatic heterocycles. The Labute approximate surface area is 191 Å². The van der Waals surface area contributed by atoms with Crippen LogP contribution in [0.2, 0.25) is 0 Å². The number of benzene rings is 2. The van der Waals surface area contributed by atoms with Crippen LogP contribution in [0.15, 0.2) is 70.7 Å². The zero-order chi connectivity index (χ0) is 23.5. The quantitative estimate of drug-likeness (QED) is 0.311. The van der Waals surface area contributed by atoms with E-state index in [1.807, 2.05) is 13.8 Å². The van der Waals surface area contributed by atoms with Crippen molar-refractivity contribution in [1.82, 2.24) is 0 Å². The number of anilines is 1. The number of ether oxygens (including phenoxy) is 2. The smallest absolute Gasteiger partial charge is 0.300 e. The Kier molecular flexibility index (Phi) is 6.22. The maximum absolute atomic E-state index is 13.2. The van der Waals surface area contributed by atoms with Crippen LogP contribution in [0.1, 0.15) is 37.0 Å². The number of amides is 1. The second-order valence-corrected chi connectivity index (χ2v) is 7.51. The summed E-state index contributed by atoms with van der Waals surface area (Å²) in [4.78, 5) is 27.7. The second-order valence-electron chi connectivity index (χ2n) is 7.51. The summed E-state index contributed by atoms with van der Waals surface area (Å²) in [5.74, 6) is 0.385. The fraction of sp³-hybridized carbons (Fsp3) is 0.231. The molecular formula is C26H25NO6. The first-order valence-electron chi connectivity index (χ1n) is 10.8. The van der Waals surface area contributed by atoms with Crippen molar-refractivity contribution >= 4 is 23.1 Å².